The van der Waals surface area contributed by atoms with Gasteiger partial charge in [0.05, 0.1) is 0 Å². The molecule has 0 saturated heterocycles. The smallest absolute Gasteiger partial charge is 0.00903 e. The van der Waals surface area contributed by atoms with Crippen molar-refractivity contribution in [2.45, 2.75) is 0 Å². The Bertz CT molecular complexity index is 984. The summed E-state index contributed by atoms with van der Waals surface area (Å²) in [6, 6.07) is 21.4. The number of hydrogen-bond acceptors (Lipinski definition) is 1. The van der Waals surface area contributed by atoms with Gasteiger partial charge in [-0.2, -0.15) is 0 Å². The lowest BCUT2D eigenvalue weighted by Crippen LogP contribution is -2.08. The number of fused-ring (bicyclic) bond motifs is 4. The van der Waals surface area contributed by atoms with E-state index >= 15 is 0 Å². The first kappa shape index (κ1) is 10.4. The minimum absolute atomic E-state index is 1.23. The van der Waals surface area contributed by atoms with Gasteiger partial charge in [0.25, 0.3) is 0 Å². The highest BCUT2D eigenvalue weighted by molar-refractivity contribution is 5.83. The van der Waals surface area contributed by atoms with Gasteiger partial charge in [-0.1, -0.05) is 60.7 Å². The van der Waals surface area contributed by atoms with Crippen LogP contribution in [0.15, 0.2) is 60.7 Å². The molecule has 0 aliphatic carbocycles. The van der Waals surface area contributed by atoms with Crippen LogP contribution in [0.2, 0.25) is 0 Å². The van der Waals surface area contributed by atoms with Gasteiger partial charge in [-0.3, -0.25) is 0 Å². The van der Waals surface area contributed by atoms with Crippen molar-refractivity contribution >= 4 is 23.2 Å². The lowest BCUT2D eigenvalue weighted by molar-refractivity contribution is 1.36. The molecule has 1 N–H and O–H groups in total. The fourth-order valence-electron chi connectivity index (χ4n) is 2.77. The maximum absolute atomic E-state index is 3.30. The number of nitrogens with one attached hydrogen (secondary N) is 1. The van der Waals surface area contributed by atoms with Crippen molar-refractivity contribution in [3.05, 3.63) is 81.5 Å². The van der Waals surface area contributed by atoms with E-state index in [-0.39, 0.29) is 0 Å². The van der Waals surface area contributed by atoms with E-state index in [1.54, 1.807) is 0 Å². The van der Waals surface area contributed by atoms with Crippen LogP contribution in [0, 0.1) is 10.4 Å². The molecular weight excluding hydrogens is 230 g/mol. The molecule has 1 heterocycles. The fraction of sp³-hybridized carbons (Fsp3) is 0. The molecule has 0 fully saturated rings. The second-order valence-electron chi connectivity index (χ2n) is 4.79. The zero-order valence-electron chi connectivity index (χ0n) is 10.4. The Balaban J connectivity index is 2.40. The van der Waals surface area contributed by atoms with E-state index in [0.717, 1.165) is 0 Å². The fourth-order valence-corrected chi connectivity index (χ4v) is 2.77. The van der Waals surface area contributed by atoms with E-state index in [1.807, 2.05) is 0 Å². The first-order valence-corrected chi connectivity index (χ1v) is 6.47. The summed E-state index contributed by atoms with van der Waals surface area (Å²) in [7, 11) is 0. The highest BCUT2D eigenvalue weighted by atomic mass is 14.8. The molecule has 1 aliphatic heterocycles. The van der Waals surface area contributed by atoms with Crippen molar-refractivity contribution in [2.24, 2.45) is 0 Å². The van der Waals surface area contributed by atoms with Gasteiger partial charge in [-0.25, -0.2) is 0 Å². The van der Waals surface area contributed by atoms with Gasteiger partial charge >= 0.3 is 0 Å². The molecule has 0 spiro atoms. The van der Waals surface area contributed by atoms with Crippen LogP contribution in [0.4, 0.5) is 0 Å². The lowest BCUT2D eigenvalue weighted by Gasteiger charge is -1.99. The largest absolute Gasteiger partial charge is 0.366 e. The normalized spacial score (nSPS) is 12.4. The minimum Gasteiger partial charge on any atom is -0.366 e. The average molecular weight is 243 g/mol. The van der Waals surface area contributed by atoms with Crippen LogP contribution in [0.5, 0.6) is 0 Å². The van der Waals surface area contributed by atoms with Crippen molar-refractivity contribution in [2.75, 3.05) is 0 Å². The molecule has 1 nitrogen and oxygen atoms in total. The lowest BCUT2D eigenvalue weighted by atomic mass is 10.1. The number of benzene rings is 3. The van der Waals surface area contributed by atoms with Crippen molar-refractivity contribution < 1.29 is 0 Å². The quantitative estimate of drug-likeness (QED) is 0.638. The summed E-state index contributed by atoms with van der Waals surface area (Å²) in [5.74, 6) is 0. The zero-order valence-corrected chi connectivity index (χ0v) is 10.4. The van der Waals surface area contributed by atoms with Gasteiger partial charge in [0.2, 0.25) is 0 Å². The van der Waals surface area contributed by atoms with E-state index in [9.17, 15) is 0 Å². The Kier molecular flexibility index (Phi) is 2.18. The second kappa shape index (κ2) is 3.99. The topological polar surface area (TPSA) is 12.0 Å². The molecule has 4 rings (SSSR count). The Morgan fingerprint density at radius 1 is 0.632 bits per heavy atom. The molecule has 3 aromatic rings. The average Bonchev–Trinajstić information content (AvgIpc) is 2.66. The highest BCUT2D eigenvalue weighted by Gasteiger charge is 1.99. The molecule has 0 bridgehead atoms. The van der Waals surface area contributed by atoms with Crippen LogP contribution in [0.3, 0.4) is 0 Å². The van der Waals surface area contributed by atoms with Crippen LogP contribution >= 0.6 is 0 Å². The molecule has 0 aromatic heterocycles. The van der Waals surface area contributed by atoms with E-state index in [0.29, 0.717) is 0 Å². The highest BCUT2D eigenvalue weighted by Crippen LogP contribution is 2.09. The molecule has 1 aliphatic rings. The molecule has 0 radical (unpaired) electrons. The van der Waals surface area contributed by atoms with Crippen LogP contribution < -0.4 is 15.8 Å². The molecule has 1 heteroatoms. The summed E-state index contributed by atoms with van der Waals surface area (Å²) in [5, 5.41) is 10.9. The molecule has 3 aromatic carbocycles. The summed E-state index contributed by atoms with van der Waals surface area (Å²) in [4.78, 5) is 0. The SMILES string of the molecule is C1=c2ccccc2=c2ccc3ccccc3c2=CN1. The number of rotatable bonds is 0. The van der Waals surface area contributed by atoms with Gasteiger partial charge in [0, 0.05) is 17.6 Å². The number of hydrogen-bond donors (Lipinski definition) is 1. The summed E-state index contributed by atoms with van der Waals surface area (Å²) >= 11 is 0. The van der Waals surface area contributed by atoms with Crippen molar-refractivity contribution in [1.29, 1.82) is 0 Å². The van der Waals surface area contributed by atoms with Crippen molar-refractivity contribution in [1.82, 2.24) is 5.32 Å². The third kappa shape index (κ3) is 1.55. The van der Waals surface area contributed by atoms with Crippen molar-refractivity contribution in [3.63, 3.8) is 0 Å². The van der Waals surface area contributed by atoms with E-state index in [1.165, 1.54) is 31.6 Å². The standard InChI is InChI=1S/C18H13N/c1-3-7-15-13(5-1)9-10-17-16-8-4-2-6-14(16)11-19-12-18(15)17/h1-12,19H. The Morgan fingerprint density at radius 3 is 2.47 bits per heavy atom. The Morgan fingerprint density at radius 2 is 1.47 bits per heavy atom. The van der Waals surface area contributed by atoms with Gasteiger partial charge in [0.1, 0.15) is 0 Å². The minimum atomic E-state index is 1.23. The van der Waals surface area contributed by atoms with E-state index < -0.39 is 0 Å². The maximum Gasteiger partial charge on any atom is 0.00903 e. The third-order valence-corrected chi connectivity index (χ3v) is 3.69. The predicted molar refractivity (Wildman–Crippen MR) is 79.4 cm³/mol. The van der Waals surface area contributed by atoms with Crippen LogP contribution in [0.1, 0.15) is 0 Å². The Hall–Kier alpha value is -2.54. The van der Waals surface area contributed by atoms with Gasteiger partial charge in [-0.15, -0.1) is 0 Å². The molecule has 0 unspecified atom stereocenters. The molecule has 90 valence electrons. The molecule has 19 heavy (non-hydrogen) atoms. The van der Waals surface area contributed by atoms with Crippen LogP contribution in [-0.4, -0.2) is 0 Å². The zero-order chi connectivity index (χ0) is 12.7. The molecule has 0 amide bonds. The Labute approximate surface area is 110 Å². The molecular formula is C18H13N. The van der Waals surface area contributed by atoms with Gasteiger partial charge in [0.15, 0.2) is 0 Å². The maximum atomic E-state index is 3.30. The van der Waals surface area contributed by atoms with Crippen molar-refractivity contribution in [3.8, 4) is 0 Å². The first-order chi connectivity index (χ1) is 9.43. The van der Waals surface area contributed by atoms with Crippen LogP contribution in [-0.2, 0) is 0 Å². The monoisotopic (exact) mass is 243 g/mol. The second-order valence-corrected chi connectivity index (χ2v) is 4.79. The first-order valence-electron chi connectivity index (χ1n) is 6.47. The summed E-state index contributed by atoms with van der Waals surface area (Å²) in [5.41, 5.74) is 0. The summed E-state index contributed by atoms with van der Waals surface area (Å²) in [6.07, 6.45) is 4.15. The van der Waals surface area contributed by atoms with Gasteiger partial charge in [-0.05, 0) is 26.4 Å². The van der Waals surface area contributed by atoms with E-state index in [4.69, 9.17) is 0 Å². The van der Waals surface area contributed by atoms with Gasteiger partial charge < -0.3 is 5.32 Å². The summed E-state index contributed by atoms with van der Waals surface area (Å²) < 4.78 is 0. The van der Waals surface area contributed by atoms with Crippen LogP contribution in [0.25, 0.3) is 23.2 Å². The third-order valence-electron chi connectivity index (χ3n) is 3.69. The molecule has 0 saturated carbocycles. The van der Waals surface area contributed by atoms with E-state index in [2.05, 4.69) is 78.4 Å². The predicted octanol–water partition coefficient (Wildman–Crippen LogP) is 2.21. The summed E-state index contributed by atoms with van der Waals surface area (Å²) in [6.45, 7) is 0. The molecule has 0 atom stereocenters.